The summed E-state index contributed by atoms with van der Waals surface area (Å²) in [6, 6.07) is 1.10. The van der Waals surface area contributed by atoms with Crippen molar-refractivity contribution in [2.75, 3.05) is 18.9 Å². The summed E-state index contributed by atoms with van der Waals surface area (Å²) >= 11 is 5.83. The van der Waals surface area contributed by atoms with Crippen LogP contribution in [0.25, 0.3) is 0 Å². The molecule has 8 heteroatoms. The number of sulfonamides is 1. The number of nitrogen functional groups attached to an aromatic ring is 1. The van der Waals surface area contributed by atoms with E-state index in [2.05, 4.69) is 4.98 Å². The fraction of sp³-hybridized carbons (Fsp3) is 0.545. The van der Waals surface area contributed by atoms with Crippen LogP contribution in [0.15, 0.2) is 17.2 Å². The van der Waals surface area contributed by atoms with Gasteiger partial charge in [-0.25, -0.2) is 13.4 Å². The van der Waals surface area contributed by atoms with E-state index in [0.717, 1.165) is 0 Å². The molecule has 2 N–H and O–H groups in total. The molecule has 0 radical (unpaired) electrons. The highest BCUT2D eigenvalue weighted by atomic mass is 35.5. The Hall–Kier alpha value is -0.890. The lowest BCUT2D eigenvalue weighted by atomic mass is 10.2. The molecule has 0 saturated carbocycles. The monoisotopic (exact) mass is 305 g/mol. The zero-order chi connectivity index (χ0) is 14.2. The van der Waals surface area contributed by atoms with Gasteiger partial charge in [0, 0.05) is 18.8 Å². The van der Waals surface area contributed by atoms with E-state index in [9.17, 15) is 8.42 Å². The molecule has 106 valence electrons. The van der Waals surface area contributed by atoms with Gasteiger partial charge in [-0.05, 0) is 19.9 Å². The predicted molar refractivity (Wildman–Crippen MR) is 72.4 cm³/mol. The Balaban J connectivity index is 2.38. The largest absolute Gasteiger partial charge is 0.382 e. The first-order valence-corrected chi connectivity index (χ1v) is 7.68. The van der Waals surface area contributed by atoms with Gasteiger partial charge >= 0.3 is 0 Å². The van der Waals surface area contributed by atoms with Crippen LogP contribution >= 0.6 is 11.6 Å². The first-order chi connectivity index (χ1) is 8.82. The number of halogens is 1. The van der Waals surface area contributed by atoms with Gasteiger partial charge < -0.3 is 10.5 Å². The number of hydrogen-bond donors (Lipinski definition) is 1. The zero-order valence-electron chi connectivity index (χ0n) is 10.7. The zero-order valence-corrected chi connectivity index (χ0v) is 12.3. The minimum atomic E-state index is -3.63. The van der Waals surface area contributed by atoms with E-state index >= 15 is 0 Å². The summed E-state index contributed by atoms with van der Waals surface area (Å²) in [4.78, 5) is 3.84. The summed E-state index contributed by atoms with van der Waals surface area (Å²) in [5.41, 5.74) is 5.49. The fourth-order valence-corrected chi connectivity index (χ4v) is 3.81. The fourth-order valence-electron chi connectivity index (χ4n) is 1.92. The molecule has 2 heterocycles. The van der Waals surface area contributed by atoms with Crippen molar-refractivity contribution >= 4 is 27.4 Å². The van der Waals surface area contributed by atoms with E-state index in [1.807, 2.05) is 6.92 Å². The van der Waals surface area contributed by atoms with Gasteiger partial charge in [-0.2, -0.15) is 4.31 Å². The summed E-state index contributed by atoms with van der Waals surface area (Å²) in [5, 5.41) is 0.134. The molecule has 2 rings (SSSR count). The molecule has 19 heavy (non-hydrogen) atoms. The van der Waals surface area contributed by atoms with Crippen molar-refractivity contribution in [3.05, 3.63) is 17.3 Å². The number of nitrogens with two attached hydrogens (primary N) is 1. The molecular weight excluding hydrogens is 290 g/mol. The maximum Gasteiger partial charge on any atom is 0.245 e. The SMILES string of the molecule is CC1CN(S(=O)(=O)c2cnc(N)c(Cl)c2)C(C)CO1. The summed E-state index contributed by atoms with van der Waals surface area (Å²) in [6.07, 6.45) is 1.09. The molecule has 2 unspecified atom stereocenters. The van der Waals surface area contributed by atoms with Crippen LogP contribution < -0.4 is 5.73 Å². The number of morpholine rings is 1. The van der Waals surface area contributed by atoms with E-state index in [1.54, 1.807) is 6.92 Å². The predicted octanol–water partition coefficient (Wildman–Crippen LogP) is 1.12. The van der Waals surface area contributed by atoms with Crippen LogP contribution in [0.3, 0.4) is 0 Å². The molecule has 1 aromatic rings. The molecule has 1 aliphatic heterocycles. The lowest BCUT2D eigenvalue weighted by Gasteiger charge is -2.35. The Morgan fingerprint density at radius 3 is 2.84 bits per heavy atom. The lowest BCUT2D eigenvalue weighted by Crippen LogP contribution is -2.50. The Morgan fingerprint density at radius 1 is 1.53 bits per heavy atom. The number of aromatic nitrogens is 1. The number of nitrogens with zero attached hydrogens (tertiary/aromatic N) is 2. The average molecular weight is 306 g/mol. The Kier molecular flexibility index (Phi) is 4.00. The van der Waals surface area contributed by atoms with Crippen LogP contribution in [0, 0.1) is 0 Å². The topological polar surface area (TPSA) is 85.5 Å². The van der Waals surface area contributed by atoms with E-state index < -0.39 is 10.0 Å². The molecule has 6 nitrogen and oxygen atoms in total. The van der Waals surface area contributed by atoms with Crippen LogP contribution in [0.5, 0.6) is 0 Å². The van der Waals surface area contributed by atoms with E-state index in [4.69, 9.17) is 22.1 Å². The molecule has 1 fully saturated rings. The van der Waals surface area contributed by atoms with Gasteiger partial charge in [0.15, 0.2) is 0 Å². The molecule has 0 aliphatic carbocycles. The quantitative estimate of drug-likeness (QED) is 0.885. The van der Waals surface area contributed by atoms with Gasteiger partial charge in [-0.1, -0.05) is 11.6 Å². The van der Waals surface area contributed by atoms with Crippen molar-refractivity contribution in [2.24, 2.45) is 0 Å². The molecule has 0 spiro atoms. The second-order valence-corrected chi connectivity index (χ2v) is 6.90. The third-order valence-corrected chi connectivity index (χ3v) is 5.25. The molecule has 1 aliphatic rings. The van der Waals surface area contributed by atoms with Crippen LogP contribution in [0.4, 0.5) is 5.82 Å². The van der Waals surface area contributed by atoms with Gasteiger partial charge in [0.25, 0.3) is 0 Å². The van der Waals surface area contributed by atoms with Gasteiger partial charge in [0.2, 0.25) is 10.0 Å². The van der Waals surface area contributed by atoms with E-state index in [1.165, 1.54) is 16.6 Å². The molecule has 0 aromatic carbocycles. The molecule has 1 aromatic heterocycles. The van der Waals surface area contributed by atoms with Gasteiger partial charge in [-0.15, -0.1) is 0 Å². The second kappa shape index (κ2) is 5.24. The minimum Gasteiger partial charge on any atom is -0.382 e. The van der Waals surface area contributed by atoms with Gasteiger partial charge in [-0.3, -0.25) is 0 Å². The number of hydrogen-bond acceptors (Lipinski definition) is 5. The third-order valence-electron chi connectivity index (χ3n) is 3.00. The highest BCUT2D eigenvalue weighted by Crippen LogP contribution is 2.25. The molecule has 2 atom stereocenters. The summed E-state index contributed by atoms with van der Waals surface area (Å²) in [6.45, 7) is 4.32. The first-order valence-electron chi connectivity index (χ1n) is 5.87. The standard InChI is InChI=1S/C11H16ClN3O3S/c1-7-6-18-8(2)5-15(7)19(16,17)9-3-10(12)11(13)14-4-9/h3-4,7-8H,5-6H2,1-2H3,(H2,13,14). The van der Waals surface area contributed by atoms with Crippen LogP contribution in [-0.2, 0) is 14.8 Å². The number of rotatable bonds is 2. The molecule has 0 amide bonds. The Bertz CT molecular complexity index is 579. The highest BCUT2D eigenvalue weighted by molar-refractivity contribution is 7.89. The summed E-state index contributed by atoms with van der Waals surface area (Å²) < 4.78 is 31.9. The van der Waals surface area contributed by atoms with Crippen LogP contribution in [0.1, 0.15) is 13.8 Å². The normalized spacial score (nSPS) is 25.4. The third kappa shape index (κ3) is 2.84. The van der Waals surface area contributed by atoms with Gasteiger partial charge in [0.1, 0.15) is 10.7 Å². The maximum atomic E-state index is 12.5. The number of pyridine rings is 1. The van der Waals surface area contributed by atoms with E-state index in [0.29, 0.717) is 13.2 Å². The van der Waals surface area contributed by atoms with Crippen molar-refractivity contribution in [2.45, 2.75) is 30.9 Å². The molecular formula is C11H16ClN3O3S. The van der Waals surface area contributed by atoms with E-state index in [-0.39, 0.29) is 27.9 Å². The van der Waals surface area contributed by atoms with Crippen LogP contribution in [0.2, 0.25) is 5.02 Å². The number of ether oxygens (including phenoxy) is 1. The van der Waals surface area contributed by atoms with Crippen molar-refractivity contribution in [3.8, 4) is 0 Å². The maximum absolute atomic E-state index is 12.5. The van der Waals surface area contributed by atoms with Crippen molar-refractivity contribution in [3.63, 3.8) is 0 Å². The summed E-state index contributed by atoms with van der Waals surface area (Å²) in [7, 11) is -3.63. The van der Waals surface area contributed by atoms with Crippen LogP contribution in [-0.4, -0.2) is 43.0 Å². The molecule has 0 bridgehead atoms. The highest BCUT2D eigenvalue weighted by Gasteiger charge is 2.34. The summed E-state index contributed by atoms with van der Waals surface area (Å²) in [5.74, 6) is 0.115. The average Bonchev–Trinajstić information content (AvgIpc) is 2.35. The van der Waals surface area contributed by atoms with Crippen molar-refractivity contribution in [1.82, 2.24) is 9.29 Å². The Labute approximate surface area is 117 Å². The Morgan fingerprint density at radius 2 is 2.21 bits per heavy atom. The number of anilines is 1. The van der Waals surface area contributed by atoms with Crippen molar-refractivity contribution in [1.29, 1.82) is 0 Å². The minimum absolute atomic E-state index is 0.0488. The second-order valence-electron chi connectivity index (χ2n) is 4.61. The smallest absolute Gasteiger partial charge is 0.245 e. The van der Waals surface area contributed by atoms with Crippen molar-refractivity contribution < 1.29 is 13.2 Å². The molecule has 1 saturated heterocycles. The van der Waals surface area contributed by atoms with Gasteiger partial charge in [0.05, 0.1) is 17.7 Å². The lowest BCUT2D eigenvalue weighted by molar-refractivity contribution is -0.0170. The first kappa shape index (κ1) is 14.5.